The Balaban J connectivity index is 2.70. The summed E-state index contributed by atoms with van der Waals surface area (Å²) in [5.74, 6) is -1.83. The molecule has 1 amide bonds. The quantitative estimate of drug-likeness (QED) is 0.789. The molecule has 1 aromatic carbocycles. The van der Waals surface area contributed by atoms with E-state index in [0.717, 1.165) is 10.5 Å². The van der Waals surface area contributed by atoms with Crippen molar-refractivity contribution in [2.75, 3.05) is 13.2 Å². The monoisotopic (exact) mass is 222 g/mol. The number of carboxylic acid groups (broad SMARTS) is 1. The maximum Gasteiger partial charge on any atom is 0.323 e. The minimum absolute atomic E-state index is 0.147. The number of aliphatic carboxylic acids is 1. The molecule has 0 aliphatic carbocycles. The van der Waals surface area contributed by atoms with Gasteiger partial charge in [-0.1, -0.05) is 30.3 Å². The topological polar surface area (TPSA) is 77.5 Å². The van der Waals surface area contributed by atoms with Crippen molar-refractivity contribution in [3.05, 3.63) is 35.9 Å². The van der Waals surface area contributed by atoms with Gasteiger partial charge in [0.25, 0.3) is 5.91 Å². The zero-order valence-corrected chi connectivity index (χ0v) is 8.63. The van der Waals surface area contributed by atoms with Crippen LogP contribution in [0.4, 0.5) is 0 Å². The van der Waals surface area contributed by atoms with Gasteiger partial charge < -0.3 is 10.0 Å². The van der Waals surface area contributed by atoms with Crippen molar-refractivity contribution in [2.45, 2.75) is 6.54 Å². The Kier molecular flexibility index (Phi) is 4.47. The molecule has 0 bridgehead atoms. The Morgan fingerprint density at radius 2 is 1.81 bits per heavy atom. The summed E-state index contributed by atoms with van der Waals surface area (Å²) in [5.41, 5.74) is 0.797. The first kappa shape index (κ1) is 12.2. The second kappa shape index (κ2) is 5.87. The lowest BCUT2D eigenvalue weighted by molar-refractivity contribution is -0.147. The Morgan fingerprint density at radius 3 is 2.31 bits per heavy atom. The summed E-state index contributed by atoms with van der Waals surface area (Å²) in [4.78, 5) is 22.8. The molecule has 16 heavy (non-hydrogen) atoms. The van der Waals surface area contributed by atoms with Gasteiger partial charge in [-0.3, -0.25) is 9.59 Å². The Hall–Kier alpha value is -1.88. The van der Waals surface area contributed by atoms with Crippen LogP contribution in [0.15, 0.2) is 30.3 Å². The third kappa shape index (κ3) is 3.70. The van der Waals surface area contributed by atoms with E-state index in [1.54, 1.807) is 24.3 Å². The van der Waals surface area contributed by atoms with E-state index in [0.29, 0.717) is 0 Å². The van der Waals surface area contributed by atoms with Gasteiger partial charge in [0.05, 0.1) is 0 Å². The van der Waals surface area contributed by atoms with E-state index >= 15 is 0 Å². The molecular formula is C11H12NO4. The zero-order chi connectivity index (χ0) is 12.0. The van der Waals surface area contributed by atoms with E-state index in [4.69, 9.17) is 5.11 Å². The molecule has 0 heterocycles. The molecule has 0 unspecified atom stereocenters. The number of carbonyl (C=O) groups is 2. The maximum atomic E-state index is 11.2. The SMILES string of the molecule is [O]CC(=O)N(CC(=O)O)Cc1ccccc1. The lowest BCUT2D eigenvalue weighted by atomic mass is 10.2. The number of carboxylic acids is 1. The smallest absolute Gasteiger partial charge is 0.323 e. The van der Waals surface area contributed by atoms with Gasteiger partial charge in [0.15, 0.2) is 6.61 Å². The summed E-state index contributed by atoms with van der Waals surface area (Å²) >= 11 is 0. The summed E-state index contributed by atoms with van der Waals surface area (Å²) in [6.45, 7) is -1.23. The lowest BCUT2D eigenvalue weighted by Crippen LogP contribution is -2.36. The van der Waals surface area contributed by atoms with Gasteiger partial charge in [0.1, 0.15) is 6.54 Å². The molecule has 5 heteroatoms. The summed E-state index contributed by atoms with van der Waals surface area (Å²) in [7, 11) is 0. The van der Waals surface area contributed by atoms with Crippen LogP contribution in [0.2, 0.25) is 0 Å². The van der Waals surface area contributed by atoms with Crippen LogP contribution in [0.1, 0.15) is 5.56 Å². The van der Waals surface area contributed by atoms with Gasteiger partial charge in [-0.05, 0) is 5.56 Å². The molecule has 0 spiro atoms. The van der Waals surface area contributed by atoms with E-state index in [-0.39, 0.29) is 6.54 Å². The number of benzene rings is 1. The first-order chi connectivity index (χ1) is 7.63. The average Bonchev–Trinajstić information content (AvgIpc) is 2.28. The normalized spacial score (nSPS) is 9.81. The van der Waals surface area contributed by atoms with Crippen LogP contribution in [0, 0.1) is 0 Å². The highest BCUT2D eigenvalue weighted by Crippen LogP contribution is 2.04. The minimum Gasteiger partial charge on any atom is -0.480 e. The molecule has 1 aromatic rings. The number of nitrogens with zero attached hydrogens (tertiary/aromatic N) is 1. The highest BCUT2D eigenvalue weighted by molar-refractivity contribution is 5.81. The van der Waals surface area contributed by atoms with Gasteiger partial charge >= 0.3 is 5.97 Å². The zero-order valence-electron chi connectivity index (χ0n) is 8.63. The fourth-order valence-electron chi connectivity index (χ4n) is 1.29. The molecule has 85 valence electrons. The van der Waals surface area contributed by atoms with Crippen LogP contribution >= 0.6 is 0 Å². The van der Waals surface area contributed by atoms with Crippen LogP contribution in [0.3, 0.4) is 0 Å². The molecule has 0 fully saturated rings. The summed E-state index contributed by atoms with van der Waals surface area (Å²) in [5, 5.41) is 19.1. The Bertz CT molecular complexity index is 364. The maximum absolute atomic E-state index is 11.2. The van der Waals surface area contributed by atoms with Gasteiger partial charge in [-0.2, -0.15) is 0 Å². The van der Waals surface area contributed by atoms with Crippen molar-refractivity contribution in [1.29, 1.82) is 0 Å². The Morgan fingerprint density at radius 1 is 1.19 bits per heavy atom. The van der Waals surface area contributed by atoms with Crippen molar-refractivity contribution in [1.82, 2.24) is 4.90 Å². The molecule has 0 aliphatic rings. The van der Waals surface area contributed by atoms with Gasteiger partial charge in [0.2, 0.25) is 0 Å². The van der Waals surface area contributed by atoms with E-state index in [2.05, 4.69) is 0 Å². The molecule has 0 aromatic heterocycles. The van der Waals surface area contributed by atoms with Crippen LogP contribution in [-0.4, -0.2) is 35.0 Å². The molecule has 1 rings (SSSR count). The highest BCUT2D eigenvalue weighted by Gasteiger charge is 2.16. The molecule has 1 radical (unpaired) electrons. The molecule has 0 saturated heterocycles. The number of hydrogen-bond donors (Lipinski definition) is 1. The van der Waals surface area contributed by atoms with E-state index in [1.165, 1.54) is 0 Å². The van der Waals surface area contributed by atoms with Gasteiger partial charge in [-0.25, -0.2) is 5.11 Å². The summed E-state index contributed by atoms with van der Waals surface area (Å²) in [6.07, 6.45) is 0. The second-order valence-corrected chi connectivity index (χ2v) is 3.27. The Labute approximate surface area is 92.9 Å². The predicted octanol–water partition coefficient (Wildman–Crippen LogP) is 0.530. The third-order valence-corrected chi connectivity index (χ3v) is 2.02. The van der Waals surface area contributed by atoms with E-state index in [9.17, 15) is 14.7 Å². The fraction of sp³-hybridized carbons (Fsp3) is 0.273. The third-order valence-electron chi connectivity index (χ3n) is 2.02. The summed E-state index contributed by atoms with van der Waals surface area (Å²) in [6, 6.07) is 8.94. The molecular weight excluding hydrogens is 210 g/mol. The minimum atomic E-state index is -1.13. The van der Waals surface area contributed by atoms with Crippen LogP contribution < -0.4 is 0 Å². The van der Waals surface area contributed by atoms with Gasteiger partial charge in [-0.15, -0.1) is 0 Å². The second-order valence-electron chi connectivity index (χ2n) is 3.27. The van der Waals surface area contributed by atoms with Crippen LogP contribution in [-0.2, 0) is 21.2 Å². The number of carbonyl (C=O) groups excluding carboxylic acids is 1. The van der Waals surface area contributed by atoms with Crippen molar-refractivity contribution in [3.63, 3.8) is 0 Å². The molecule has 5 nitrogen and oxygen atoms in total. The highest BCUT2D eigenvalue weighted by atomic mass is 16.4. The fourth-order valence-corrected chi connectivity index (χ4v) is 1.29. The predicted molar refractivity (Wildman–Crippen MR) is 55.0 cm³/mol. The molecule has 1 N–H and O–H groups in total. The van der Waals surface area contributed by atoms with Crippen molar-refractivity contribution in [2.24, 2.45) is 0 Å². The van der Waals surface area contributed by atoms with Crippen LogP contribution in [0.5, 0.6) is 0 Å². The van der Waals surface area contributed by atoms with Crippen LogP contribution in [0.25, 0.3) is 0 Å². The van der Waals surface area contributed by atoms with E-state index < -0.39 is 25.0 Å². The first-order valence-electron chi connectivity index (χ1n) is 4.75. The number of rotatable bonds is 5. The molecule has 0 atom stereocenters. The largest absolute Gasteiger partial charge is 0.480 e. The van der Waals surface area contributed by atoms with Crippen molar-refractivity contribution < 1.29 is 19.8 Å². The van der Waals surface area contributed by atoms with Crippen molar-refractivity contribution >= 4 is 11.9 Å². The van der Waals surface area contributed by atoms with E-state index in [1.807, 2.05) is 6.07 Å². The number of hydrogen-bond acceptors (Lipinski definition) is 2. The van der Waals surface area contributed by atoms with Crippen molar-refractivity contribution in [3.8, 4) is 0 Å². The lowest BCUT2D eigenvalue weighted by Gasteiger charge is -2.19. The average molecular weight is 222 g/mol. The number of amides is 1. The summed E-state index contributed by atoms with van der Waals surface area (Å²) < 4.78 is 0. The molecule has 0 aliphatic heterocycles. The molecule has 0 saturated carbocycles. The van der Waals surface area contributed by atoms with Gasteiger partial charge in [0, 0.05) is 6.54 Å². The standard InChI is InChI=1S/C11H12NO4/c13-8-10(14)12(7-11(15)16)6-9-4-2-1-3-5-9/h1-5H,6-8H2,(H,15,16). The first-order valence-corrected chi connectivity index (χ1v) is 4.75.